The maximum absolute atomic E-state index is 12.3. The number of likely N-dealkylation sites (tertiary alicyclic amines) is 1. The van der Waals surface area contributed by atoms with Gasteiger partial charge in [0.1, 0.15) is 5.52 Å². The van der Waals surface area contributed by atoms with Crippen LogP contribution in [0.15, 0.2) is 22.6 Å². The normalized spacial score (nSPS) is 16.3. The molecular weight excluding hydrogens is 314 g/mol. The summed E-state index contributed by atoms with van der Waals surface area (Å²) >= 11 is 0. The topological polar surface area (TPSA) is 58.4 Å². The molecule has 1 fully saturated rings. The Morgan fingerprint density at radius 2 is 2.00 bits per heavy atom. The third kappa shape index (κ3) is 4.82. The van der Waals surface area contributed by atoms with E-state index in [9.17, 15) is 4.79 Å². The van der Waals surface area contributed by atoms with Gasteiger partial charge in [0.2, 0.25) is 0 Å². The van der Waals surface area contributed by atoms with Gasteiger partial charge < -0.3 is 14.6 Å². The molecule has 0 saturated carbocycles. The van der Waals surface area contributed by atoms with Crippen LogP contribution in [0.25, 0.3) is 11.1 Å². The standard InChI is InChI=1S/C20H29N3O2/c1-15(2)20-22-17-9-8-16(14-18(17)25-20)19(24)21-10-7-13-23-11-5-3-4-6-12-23/h8-9,14-15H,3-7,10-13H2,1-2H3,(H,21,24). The van der Waals surface area contributed by atoms with Crippen LogP contribution >= 0.6 is 0 Å². The summed E-state index contributed by atoms with van der Waals surface area (Å²) in [6.45, 7) is 8.27. The number of carbonyl (C=O) groups is 1. The van der Waals surface area contributed by atoms with Gasteiger partial charge in [-0.1, -0.05) is 26.7 Å². The van der Waals surface area contributed by atoms with Crippen LogP contribution in [0.3, 0.4) is 0 Å². The largest absolute Gasteiger partial charge is 0.440 e. The molecule has 2 heterocycles. The minimum Gasteiger partial charge on any atom is -0.440 e. The smallest absolute Gasteiger partial charge is 0.251 e. The number of oxazole rings is 1. The zero-order valence-corrected chi connectivity index (χ0v) is 15.4. The number of benzene rings is 1. The van der Waals surface area contributed by atoms with E-state index in [1.807, 2.05) is 26.0 Å². The van der Waals surface area contributed by atoms with Gasteiger partial charge >= 0.3 is 0 Å². The van der Waals surface area contributed by atoms with Crippen LogP contribution in [0, 0.1) is 0 Å². The molecule has 1 N–H and O–H groups in total. The first-order chi connectivity index (χ1) is 12.1. The van der Waals surface area contributed by atoms with E-state index in [0.717, 1.165) is 18.5 Å². The molecule has 1 aliphatic heterocycles. The van der Waals surface area contributed by atoms with Crippen LogP contribution < -0.4 is 5.32 Å². The Balaban J connectivity index is 1.49. The molecule has 0 radical (unpaired) electrons. The SMILES string of the molecule is CC(C)c1nc2ccc(C(=O)NCCCN3CCCCCC3)cc2o1. The summed E-state index contributed by atoms with van der Waals surface area (Å²) in [5.41, 5.74) is 2.12. The van der Waals surface area contributed by atoms with Crippen molar-refractivity contribution < 1.29 is 9.21 Å². The molecule has 25 heavy (non-hydrogen) atoms. The summed E-state index contributed by atoms with van der Waals surface area (Å²) in [5, 5.41) is 3.02. The lowest BCUT2D eigenvalue weighted by molar-refractivity contribution is 0.0951. The molecule has 2 aromatic rings. The van der Waals surface area contributed by atoms with E-state index in [0.29, 0.717) is 23.6 Å². The number of carbonyl (C=O) groups excluding carboxylic acids is 1. The predicted molar refractivity (Wildman–Crippen MR) is 100.0 cm³/mol. The number of amides is 1. The van der Waals surface area contributed by atoms with Crippen LogP contribution in [0.1, 0.15) is 68.1 Å². The second-order valence-corrected chi connectivity index (χ2v) is 7.25. The molecule has 0 aliphatic carbocycles. The Morgan fingerprint density at radius 1 is 1.24 bits per heavy atom. The average molecular weight is 343 g/mol. The molecule has 1 amide bonds. The highest BCUT2D eigenvalue weighted by Gasteiger charge is 2.13. The van der Waals surface area contributed by atoms with Gasteiger partial charge in [-0.2, -0.15) is 0 Å². The first kappa shape index (κ1) is 17.9. The van der Waals surface area contributed by atoms with Gasteiger partial charge in [0, 0.05) is 18.0 Å². The Bertz CT molecular complexity index is 700. The molecule has 0 atom stereocenters. The third-order valence-corrected chi connectivity index (χ3v) is 4.80. The van der Waals surface area contributed by atoms with E-state index in [1.54, 1.807) is 6.07 Å². The summed E-state index contributed by atoms with van der Waals surface area (Å²) in [4.78, 5) is 19.3. The number of aromatic nitrogens is 1. The van der Waals surface area contributed by atoms with E-state index in [4.69, 9.17) is 4.42 Å². The van der Waals surface area contributed by atoms with Crippen molar-refractivity contribution in [1.29, 1.82) is 0 Å². The highest BCUT2D eigenvalue weighted by Crippen LogP contribution is 2.22. The highest BCUT2D eigenvalue weighted by molar-refractivity contribution is 5.96. The molecule has 5 heteroatoms. The zero-order chi connectivity index (χ0) is 17.6. The lowest BCUT2D eigenvalue weighted by Gasteiger charge is -2.19. The van der Waals surface area contributed by atoms with Gasteiger partial charge in [-0.05, 0) is 57.1 Å². The molecule has 5 nitrogen and oxygen atoms in total. The lowest BCUT2D eigenvalue weighted by atomic mass is 10.2. The van der Waals surface area contributed by atoms with Crippen molar-refractivity contribution in [1.82, 2.24) is 15.2 Å². The number of nitrogens with one attached hydrogen (secondary N) is 1. The van der Waals surface area contributed by atoms with Crippen LogP contribution in [-0.2, 0) is 0 Å². The average Bonchev–Trinajstić information content (AvgIpc) is 2.87. The fourth-order valence-electron chi connectivity index (χ4n) is 3.30. The van der Waals surface area contributed by atoms with Gasteiger partial charge in [-0.15, -0.1) is 0 Å². The maximum Gasteiger partial charge on any atom is 0.251 e. The zero-order valence-electron chi connectivity index (χ0n) is 15.4. The van der Waals surface area contributed by atoms with E-state index in [-0.39, 0.29) is 11.8 Å². The van der Waals surface area contributed by atoms with Crippen molar-refractivity contribution in [3.8, 4) is 0 Å². The molecule has 0 unspecified atom stereocenters. The number of hydrogen-bond acceptors (Lipinski definition) is 4. The van der Waals surface area contributed by atoms with Gasteiger partial charge in [-0.25, -0.2) is 4.98 Å². The Morgan fingerprint density at radius 3 is 2.72 bits per heavy atom. The first-order valence-corrected chi connectivity index (χ1v) is 9.54. The predicted octanol–water partition coefficient (Wildman–Crippen LogP) is 3.95. The monoisotopic (exact) mass is 343 g/mol. The van der Waals surface area contributed by atoms with Crippen molar-refractivity contribution in [2.24, 2.45) is 0 Å². The summed E-state index contributed by atoms with van der Waals surface area (Å²) in [7, 11) is 0. The quantitative estimate of drug-likeness (QED) is 0.807. The van der Waals surface area contributed by atoms with Crippen LogP contribution in [-0.4, -0.2) is 42.0 Å². The number of hydrogen-bond donors (Lipinski definition) is 1. The first-order valence-electron chi connectivity index (χ1n) is 9.54. The molecule has 1 aromatic heterocycles. The molecule has 0 bridgehead atoms. The molecule has 1 aromatic carbocycles. The molecular formula is C20H29N3O2. The highest BCUT2D eigenvalue weighted by atomic mass is 16.3. The summed E-state index contributed by atoms with van der Waals surface area (Å²) in [6, 6.07) is 5.47. The van der Waals surface area contributed by atoms with Crippen molar-refractivity contribution in [2.45, 2.75) is 51.9 Å². The minimum absolute atomic E-state index is 0.0414. The van der Waals surface area contributed by atoms with Crippen LogP contribution in [0.5, 0.6) is 0 Å². The fraction of sp³-hybridized carbons (Fsp3) is 0.600. The van der Waals surface area contributed by atoms with Gasteiger partial charge in [0.25, 0.3) is 5.91 Å². The van der Waals surface area contributed by atoms with Crippen molar-refractivity contribution in [2.75, 3.05) is 26.2 Å². The van der Waals surface area contributed by atoms with Crippen molar-refractivity contribution in [3.63, 3.8) is 0 Å². The second kappa shape index (κ2) is 8.48. The fourth-order valence-corrected chi connectivity index (χ4v) is 3.30. The third-order valence-electron chi connectivity index (χ3n) is 4.80. The van der Waals surface area contributed by atoms with E-state index >= 15 is 0 Å². The van der Waals surface area contributed by atoms with Gasteiger partial charge in [0.05, 0.1) is 0 Å². The van der Waals surface area contributed by atoms with Crippen LogP contribution in [0.4, 0.5) is 0 Å². The molecule has 136 valence electrons. The molecule has 3 rings (SSSR count). The Labute approximate surface area is 149 Å². The maximum atomic E-state index is 12.3. The molecule has 0 spiro atoms. The Kier molecular flexibility index (Phi) is 6.08. The van der Waals surface area contributed by atoms with E-state index < -0.39 is 0 Å². The Hall–Kier alpha value is -1.88. The summed E-state index contributed by atoms with van der Waals surface area (Å²) < 4.78 is 5.74. The van der Waals surface area contributed by atoms with Crippen molar-refractivity contribution >= 4 is 17.0 Å². The minimum atomic E-state index is -0.0414. The van der Waals surface area contributed by atoms with E-state index in [1.165, 1.54) is 38.8 Å². The number of nitrogens with zero attached hydrogens (tertiary/aromatic N) is 2. The summed E-state index contributed by atoms with van der Waals surface area (Å²) in [6.07, 6.45) is 6.32. The van der Waals surface area contributed by atoms with Crippen LogP contribution in [0.2, 0.25) is 0 Å². The lowest BCUT2D eigenvalue weighted by Crippen LogP contribution is -2.30. The van der Waals surface area contributed by atoms with Gasteiger partial charge in [-0.3, -0.25) is 4.79 Å². The van der Waals surface area contributed by atoms with E-state index in [2.05, 4.69) is 15.2 Å². The summed E-state index contributed by atoms with van der Waals surface area (Å²) in [5.74, 6) is 0.911. The second-order valence-electron chi connectivity index (χ2n) is 7.25. The molecule has 1 aliphatic rings. The number of fused-ring (bicyclic) bond motifs is 1. The molecule has 1 saturated heterocycles. The van der Waals surface area contributed by atoms with Crippen molar-refractivity contribution in [3.05, 3.63) is 29.7 Å². The van der Waals surface area contributed by atoms with Gasteiger partial charge in [0.15, 0.2) is 11.5 Å². The number of rotatable bonds is 6.